The maximum absolute atomic E-state index is 8.91. The van der Waals surface area contributed by atoms with Crippen LogP contribution in [0.1, 0.15) is 18.9 Å². The number of nitriles is 1. The van der Waals surface area contributed by atoms with Crippen LogP contribution in [0.15, 0.2) is 24.3 Å². The van der Waals surface area contributed by atoms with Crippen LogP contribution in [-0.2, 0) is 4.74 Å². The van der Waals surface area contributed by atoms with E-state index in [4.69, 9.17) is 10.00 Å². The molecule has 1 heterocycles. The minimum atomic E-state index is 0.287. The topological polar surface area (TPSA) is 36.3 Å². The van der Waals surface area contributed by atoms with Crippen molar-refractivity contribution < 1.29 is 4.74 Å². The predicted molar refractivity (Wildman–Crippen MR) is 67.9 cm³/mol. The van der Waals surface area contributed by atoms with Gasteiger partial charge in [-0.1, -0.05) is 13.0 Å². The van der Waals surface area contributed by atoms with E-state index in [0.29, 0.717) is 5.92 Å². The van der Waals surface area contributed by atoms with Gasteiger partial charge in [0.05, 0.1) is 17.7 Å². The molecular weight excluding hydrogens is 212 g/mol. The summed E-state index contributed by atoms with van der Waals surface area (Å²) in [6.07, 6.45) is 1.42. The molecule has 2 atom stereocenters. The summed E-state index contributed by atoms with van der Waals surface area (Å²) >= 11 is 0. The van der Waals surface area contributed by atoms with Crippen LogP contribution in [0.25, 0.3) is 0 Å². The van der Waals surface area contributed by atoms with E-state index >= 15 is 0 Å². The van der Waals surface area contributed by atoms with E-state index in [2.05, 4.69) is 24.0 Å². The summed E-state index contributed by atoms with van der Waals surface area (Å²) in [7, 11) is 1.77. The number of ether oxygens (including phenoxy) is 1. The number of piperidine rings is 1. The third-order valence-corrected chi connectivity index (χ3v) is 3.53. The number of nitrogens with zero attached hydrogens (tertiary/aromatic N) is 2. The summed E-state index contributed by atoms with van der Waals surface area (Å²) in [5.74, 6) is 0.607. The van der Waals surface area contributed by atoms with Gasteiger partial charge in [0, 0.05) is 25.9 Å². The molecule has 1 aromatic carbocycles. The molecule has 3 heteroatoms. The van der Waals surface area contributed by atoms with E-state index < -0.39 is 0 Å². The molecule has 17 heavy (non-hydrogen) atoms. The number of anilines is 1. The fraction of sp³-hybridized carbons (Fsp3) is 0.500. The van der Waals surface area contributed by atoms with Gasteiger partial charge in [0.1, 0.15) is 0 Å². The highest BCUT2D eigenvalue weighted by Gasteiger charge is 2.26. The van der Waals surface area contributed by atoms with Gasteiger partial charge in [-0.05, 0) is 30.5 Å². The Balaban J connectivity index is 2.15. The SMILES string of the molecule is COC1CN(c2cccc(C#N)c2)CCC1C. The zero-order chi connectivity index (χ0) is 12.3. The Hall–Kier alpha value is -1.53. The molecule has 0 N–H and O–H groups in total. The highest BCUT2D eigenvalue weighted by molar-refractivity contribution is 5.51. The molecule has 0 bridgehead atoms. The second-order valence-electron chi connectivity index (χ2n) is 4.65. The second kappa shape index (κ2) is 5.20. The minimum Gasteiger partial charge on any atom is -0.379 e. The third kappa shape index (κ3) is 2.59. The van der Waals surface area contributed by atoms with E-state index in [1.54, 1.807) is 7.11 Å². The summed E-state index contributed by atoms with van der Waals surface area (Å²) in [5, 5.41) is 8.91. The minimum absolute atomic E-state index is 0.287. The first-order chi connectivity index (χ1) is 8.24. The fourth-order valence-electron chi connectivity index (χ4n) is 2.35. The van der Waals surface area contributed by atoms with E-state index in [9.17, 15) is 0 Å². The van der Waals surface area contributed by atoms with Crippen LogP contribution >= 0.6 is 0 Å². The first-order valence-corrected chi connectivity index (χ1v) is 6.02. The highest BCUT2D eigenvalue weighted by atomic mass is 16.5. The van der Waals surface area contributed by atoms with Crippen molar-refractivity contribution in [2.24, 2.45) is 5.92 Å². The Labute approximate surface area is 103 Å². The van der Waals surface area contributed by atoms with Gasteiger partial charge >= 0.3 is 0 Å². The van der Waals surface area contributed by atoms with Crippen molar-refractivity contribution in [1.29, 1.82) is 5.26 Å². The lowest BCUT2D eigenvalue weighted by atomic mass is 9.95. The van der Waals surface area contributed by atoms with E-state index in [1.165, 1.54) is 0 Å². The quantitative estimate of drug-likeness (QED) is 0.783. The first-order valence-electron chi connectivity index (χ1n) is 6.02. The van der Waals surface area contributed by atoms with E-state index in [1.807, 2.05) is 18.2 Å². The molecule has 1 saturated heterocycles. The largest absolute Gasteiger partial charge is 0.379 e. The molecule has 1 aliphatic heterocycles. The van der Waals surface area contributed by atoms with Crippen molar-refractivity contribution in [1.82, 2.24) is 0 Å². The molecule has 90 valence electrons. The van der Waals surface area contributed by atoms with E-state index in [0.717, 1.165) is 30.8 Å². The van der Waals surface area contributed by atoms with Crippen LogP contribution in [-0.4, -0.2) is 26.3 Å². The molecule has 3 nitrogen and oxygen atoms in total. The standard InChI is InChI=1S/C14H18N2O/c1-11-6-7-16(10-14(11)17-2)13-5-3-4-12(8-13)9-15/h3-5,8,11,14H,6-7,10H2,1-2H3. The third-order valence-electron chi connectivity index (χ3n) is 3.53. The molecule has 2 unspecified atom stereocenters. The van der Waals surface area contributed by atoms with Crippen molar-refractivity contribution in [2.45, 2.75) is 19.4 Å². The smallest absolute Gasteiger partial charge is 0.0992 e. The van der Waals surface area contributed by atoms with Gasteiger partial charge in [-0.2, -0.15) is 5.26 Å². The molecule has 0 spiro atoms. The molecule has 1 aliphatic rings. The summed E-state index contributed by atoms with van der Waals surface area (Å²) in [5.41, 5.74) is 1.84. The van der Waals surface area contributed by atoms with Gasteiger partial charge in [0.2, 0.25) is 0 Å². The predicted octanol–water partition coefficient (Wildman–Crippen LogP) is 2.42. The van der Waals surface area contributed by atoms with Crippen LogP contribution in [0, 0.1) is 17.2 Å². The number of hydrogen-bond donors (Lipinski definition) is 0. The van der Waals surface area contributed by atoms with Crippen LogP contribution in [0.2, 0.25) is 0 Å². The lowest BCUT2D eigenvalue weighted by Crippen LogP contribution is -2.43. The monoisotopic (exact) mass is 230 g/mol. The van der Waals surface area contributed by atoms with E-state index in [-0.39, 0.29) is 6.10 Å². The number of benzene rings is 1. The molecule has 0 amide bonds. The molecule has 0 saturated carbocycles. The lowest BCUT2D eigenvalue weighted by Gasteiger charge is -2.37. The lowest BCUT2D eigenvalue weighted by molar-refractivity contribution is 0.0498. The second-order valence-corrected chi connectivity index (χ2v) is 4.65. The average molecular weight is 230 g/mol. The summed E-state index contributed by atoms with van der Waals surface area (Å²) in [6, 6.07) is 9.96. The summed E-state index contributed by atoms with van der Waals surface area (Å²) in [6.45, 7) is 4.18. The van der Waals surface area contributed by atoms with Crippen molar-refractivity contribution >= 4 is 5.69 Å². The Morgan fingerprint density at radius 1 is 1.47 bits per heavy atom. The summed E-state index contributed by atoms with van der Waals surface area (Å²) < 4.78 is 5.51. The first kappa shape index (κ1) is 11.9. The van der Waals surface area contributed by atoms with Crippen LogP contribution in [0.4, 0.5) is 5.69 Å². The van der Waals surface area contributed by atoms with Crippen molar-refractivity contribution in [3.8, 4) is 6.07 Å². The molecule has 0 aromatic heterocycles. The molecule has 1 aromatic rings. The maximum Gasteiger partial charge on any atom is 0.0992 e. The van der Waals surface area contributed by atoms with Gasteiger partial charge in [0.15, 0.2) is 0 Å². The molecule has 2 rings (SSSR count). The van der Waals surface area contributed by atoms with Gasteiger partial charge in [-0.15, -0.1) is 0 Å². The molecule has 0 aliphatic carbocycles. The van der Waals surface area contributed by atoms with Gasteiger partial charge in [-0.25, -0.2) is 0 Å². The van der Waals surface area contributed by atoms with Crippen LogP contribution in [0.3, 0.4) is 0 Å². The van der Waals surface area contributed by atoms with Crippen molar-refractivity contribution in [3.63, 3.8) is 0 Å². The van der Waals surface area contributed by atoms with Gasteiger partial charge in [-0.3, -0.25) is 0 Å². The average Bonchev–Trinajstić information content (AvgIpc) is 2.39. The summed E-state index contributed by atoms with van der Waals surface area (Å²) in [4.78, 5) is 2.30. The van der Waals surface area contributed by atoms with Crippen LogP contribution in [0.5, 0.6) is 0 Å². The fourth-order valence-corrected chi connectivity index (χ4v) is 2.35. The zero-order valence-corrected chi connectivity index (χ0v) is 10.4. The number of rotatable bonds is 2. The molecular formula is C14H18N2O. The number of hydrogen-bond acceptors (Lipinski definition) is 3. The van der Waals surface area contributed by atoms with Crippen LogP contribution < -0.4 is 4.90 Å². The Morgan fingerprint density at radius 2 is 2.29 bits per heavy atom. The zero-order valence-electron chi connectivity index (χ0n) is 10.4. The van der Waals surface area contributed by atoms with Gasteiger partial charge in [0.25, 0.3) is 0 Å². The number of methoxy groups -OCH3 is 1. The highest BCUT2D eigenvalue weighted by Crippen LogP contribution is 2.25. The van der Waals surface area contributed by atoms with Gasteiger partial charge < -0.3 is 9.64 Å². The normalized spacial score (nSPS) is 24.4. The van der Waals surface area contributed by atoms with Crippen molar-refractivity contribution in [3.05, 3.63) is 29.8 Å². The Kier molecular flexibility index (Phi) is 3.65. The molecule has 1 fully saturated rings. The molecule has 0 radical (unpaired) electrons. The Bertz CT molecular complexity index is 424. The van der Waals surface area contributed by atoms with Crippen molar-refractivity contribution in [2.75, 3.05) is 25.1 Å². The maximum atomic E-state index is 8.91. The Morgan fingerprint density at radius 3 is 3.00 bits per heavy atom.